The Kier molecular flexibility index (Phi) is 6.37. The average Bonchev–Trinajstić information content (AvgIpc) is 3.52. The van der Waals surface area contributed by atoms with Crippen LogP contribution in [0.25, 0.3) is 16.5 Å². The summed E-state index contributed by atoms with van der Waals surface area (Å²) < 4.78 is 34.2. The van der Waals surface area contributed by atoms with Crippen molar-refractivity contribution in [1.82, 2.24) is 19.2 Å². The van der Waals surface area contributed by atoms with E-state index in [0.29, 0.717) is 12.2 Å². The Labute approximate surface area is 183 Å². The van der Waals surface area contributed by atoms with Crippen molar-refractivity contribution in [2.24, 2.45) is 7.05 Å². The normalized spacial score (nSPS) is 17.3. The van der Waals surface area contributed by atoms with Gasteiger partial charge in [0.2, 0.25) is 0 Å². The van der Waals surface area contributed by atoms with Gasteiger partial charge in [-0.3, -0.25) is 9.48 Å². The van der Waals surface area contributed by atoms with Gasteiger partial charge in [0, 0.05) is 55.2 Å². The number of amides is 1. The van der Waals surface area contributed by atoms with Crippen LogP contribution in [0.4, 0.5) is 0 Å². The number of carbonyl (C=O) groups excluding carboxylic acids is 1. The van der Waals surface area contributed by atoms with E-state index in [9.17, 15) is 13.2 Å². The first-order valence-corrected chi connectivity index (χ1v) is 12.0. The predicted molar refractivity (Wildman–Crippen MR) is 115 cm³/mol. The van der Waals surface area contributed by atoms with Crippen molar-refractivity contribution in [3.63, 3.8) is 0 Å². The van der Waals surface area contributed by atoms with Crippen LogP contribution in [0, 0.1) is 0 Å². The molecule has 1 unspecified atom stereocenters. The Balaban J connectivity index is 1.40. The second-order valence-electron chi connectivity index (χ2n) is 7.01. The van der Waals surface area contributed by atoms with E-state index < -0.39 is 22.2 Å². The van der Waals surface area contributed by atoms with Crippen LogP contribution in [0.2, 0.25) is 0 Å². The van der Waals surface area contributed by atoms with Crippen LogP contribution in [0.1, 0.15) is 24.8 Å². The molecule has 4 rings (SSSR count). The highest BCUT2D eigenvalue weighted by atomic mass is 32.2. The van der Waals surface area contributed by atoms with Gasteiger partial charge < -0.3 is 4.74 Å². The third-order valence-electron chi connectivity index (χ3n) is 4.65. The highest BCUT2D eigenvalue weighted by Gasteiger charge is 2.20. The second-order valence-corrected chi connectivity index (χ2v) is 10.2. The Bertz CT molecular complexity index is 1190. The zero-order valence-electron chi connectivity index (χ0n) is 16.8. The minimum Gasteiger partial charge on any atom is -0.350 e. The third-order valence-corrected chi connectivity index (χ3v) is 7.89. The van der Waals surface area contributed by atoms with Crippen LogP contribution in [-0.2, 0) is 31.4 Å². The molecule has 0 aliphatic carbocycles. The van der Waals surface area contributed by atoms with Gasteiger partial charge in [-0.2, -0.15) is 13.5 Å². The molecule has 1 aliphatic heterocycles. The van der Waals surface area contributed by atoms with Crippen molar-refractivity contribution in [2.45, 2.75) is 29.8 Å². The van der Waals surface area contributed by atoms with Gasteiger partial charge in [0.1, 0.15) is 4.21 Å². The first-order chi connectivity index (χ1) is 14.9. The Morgan fingerprint density at radius 1 is 1.32 bits per heavy atom. The molecule has 0 radical (unpaired) electrons. The second kappa shape index (κ2) is 9.18. The van der Waals surface area contributed by atoms with Crippen LogP contribution < -0.4 is 5.48 Å². The first-order valence-electron chi connectivity index (χ1n) is 9.69. The molecule has 0 saturated carbocycles. The number of rotatable bonds is 7. The van der Waals surface area contributed by atoms with Gasteiger partial charge in [0.05, 0.1) is 6.20 Å². The van der Waals surface area contributed by atoms with Crippen molar-refractivity contribution in [3.05, 3.63) is 54.6 Å². The smallest absolute Gasteiger partial charge is 0.277 e. The topological polar surface area (TPSA) is 104 Å². The van der Waals surface area contributed by atoms with E-state index in [-0.39, 0.29) is 4.21 Å². The summed E-state index contributed by atoms with van der Waals surface area (Å²) in [6.07, 6.45) is 11.5. The van der Waals surface area contributed by atoms with E-state index in [2.05, 4.69) is 10.6 Å². The number of nitrogens with one attached hydrogen (secondary N) is 1. The summed E-state index contributed by atoms with van der Waals surface area (Å²) in [6.45, 7) is 0.617. The fraction of sp³-hybridized carbons (Fsp3) is 0.300. The lowest BCUT2D eigenvalue weighted by Gasteiger charge is -2.21. The van der Waals surface area contributed by atoms with E-state index in [1.165, 1.54) is 35.9 Å². The van der Waals surface area contributed by atoms with E-state index in [1.807, 2.05) is 6.20 Å². The highest BCUT2D eigenvalue weighted by molar-refractivity contribution is 7.92. The molecule has 1 aliphatic rings. The van der Waals surface area contributed by atoms with E-state index in [4.69, 9.17) is 9.57 Å². The molecular weight excluding hydrogens is 440 g/mol. The summed E-state index contributed by atoms with van der Waals surface area (Å²) in [5.41, 5.74) is 3.75. The van der Waals surface area contributed by atoms with Gasteiger partial charge in [-0.1, -0.05) is 0 Å². The number of hydrogen-bond donors (Lipinski definition) is 1. The maximum absolute atomic E-state index is 12.9. The van der Waals surface area contributed by atoms with Crippen molar-refractivity contribution < 1.29 is 22.8 Å². The largest absolute Gasteiger partial charge is 0.350 e. The van der Waals surface area contributed by atoms with Gasteiger partial charge in [0.25, 0.3) is 15.9 Å². The van der Waals surface area contributed by atoms with Crippen molar-refractivity contribution in [3.8, 4) is 10.4 Å². The fourth-order valence-electron chi connectivity index (χ4n) is 3.04. The fourth-order valence-corrected chi connectivity index (χ4v) is 5.63. The monoisotopic (exact) mass is 462 g/mol. The molecule has 9 nitrogen and oxygen atoms in total. The summed E-state index contributed by atoms with van der Waals surface area (Å²) in [5, 5.41) is 4.11. The molecule has 1 fully saturated rings. The van der Waals surface area contributed by atoms with Gasteiger partial charge >= 0.3 is 0 Å². The summed E-state index contributed by atoms with van der Waals surface area (Å²) in [4.78, 5) is 17.9. The highest BCUT2D eigenvalue weighted by Crippen LogP contribution is 2.31. The lowest BCUT2D eigenvalue weighted by molar-refractivity contribution is -0.198. The van der Waals surface area contributed by atoms with Gasteiger partial charge in [-0.05, 0) is 42.7 Å². The maximum atomic E-state index is 12.9. The summed E-state index contributed by atoms with van der Waals surface area (Å²) in [5.74, 6) is -0.454. The quantitative estimate of drug-likeness (QED) is 0.428. The molecule has 1 saturated heterocycles. The number of thiophene rings is 1. The summed E-state index contributed by atoms with van der Waals surface area (Å²) in [6, 6.07) is 4.96. The molecule has 4 heterocycles. The zero-order chi connectivity index (χ0) is 21.8. The van der Waals surface area contributed by atoms with Crippen molar-refractivity contribution in [1.29, 1.82) is 0 Å². The van der Waals surface area contributed by atoms with E-state index in [0.717, 1.165) is 33.7 Å². The molecule has 164 valence electrons. The van der Waals surface area contributed by atoms with Gasteiger partial charge in [-0.15, -0.1) is 11.3 Å². The van der Waals surface area contributed by atoms with Crippen LogP contribution in [0.15, 0.2) is 53.3 Å². The number of carbonyl (C=O) groups is 1. The molecule has 0 spiro atoms. The molecule has 0 aromatic carbocycles. The Morgan fingerprint density at radius 2 is 2.19 bits per heavy atom. The number of aromatic nitrogens is 3. The Morgan fingerprint density at radius 3 is 2.94 bits per heavy atom. The zero-order valence-corrected chi connectivity index (χ0v) is 18.4. The predicted octanol–water partition coefficient (Wildman–Crippen LogP) is 2.77. The maximum Gasteiger partial charge on any atom is 0.277 e. The average molecular weight is 463 g/mol. The molecular formula is C20H22N4O5S2. The molecule has 1 N–H and O–H groups in total. The van der Waals surface area contributed by atoms with Crippen LogP contribution in [0.3, 0.4) is 0 Å². The van der Waals surface area contributed by atoms with Gasteiger partial charge in [0.15, 0.2) is 6.29 Å². The number of hydroxylamine groups is 1. The van der Waals surface area contributed by atoms with Crippen LogP contribution in [-0.4, -0.2) is 41.0 Å². The summed E-state index contributed by atoms with van der Waals surface area (Å²) in [7, 11) is -1.92. The number of ether oxygens (including phenoxy) is 1. The third kappa shape index (κ3) is 5.13. The van der Waals surface area contributed by atoms with Gasteiger partial charge in [-0.25, -0.2) is 14.3 Å². The SMILES string of the molecule is Cn1cc(-c2ccc(S(=O)(=O)n3ccc(/C=C/C(=O)NOC4CCCCO4)c3)s2)cn1. The number of nitrogens with zero attached hydrogens (tertiary/aromatic N) is 3. The number of aryl methyl sites for hydroxylation is 1. The van der Waals surface area contributed by atoms with Crippen molar-refractivity contribution in [2.75, 3.05) is 6.61 Å². The molecule has 11 heteroatoms. The lowest BCUT2D eigenvalue weighted by Crippen LogP contribution is -2.32. The molecule has 3 aromatic rings. The minimum atomic E-state index is -3.73. The lowest BCUT2D eigenvalue weighted by atomic mass is 10.2. The van der Waals surface area contributed by atoms with Crippen LogP contribution >= 0.6 is 11.3 Å². The first kappa shape index (κ1) is 21.5. The van der Waals surface area contributed by atoms with Crippen LogP contribution in [0.5, 0.6) is 0 Å². The molecule has 3 aromatic heterocycles. The molecule has 1 amide bonds. The number of hydrogen-bond acceptors (Lipinski definition) is 7. The van der Waals surface area contributed by atoms with E-state index in [1.54, 1.807) is 36.1 Å². The molecule has 1 atom stereocenters. The molecule has 31 heavy (non-hydrogen) atoms. The minimum absolute atomic E-state index is 0.219. The van der Waals surface area contributed by atoms with Crippen molar-refractivity contribution >= 4 is 33.3 Å². The van der Waals surface area contributed by atoms with E-state index >= 15 is 0 Å². The summed E-state index contributed by atoms with van der Waals surface area (Å²) >= 11 is 1.18. The Hall–Kier alpha value is -2.73. The molecule has 0 bridgehead atoms. The standard InChI is InChI=1S/C20H22N4O5S2/c1-23-14-16(12-21-23)17-6-8-20(30-17)31(26,27)24-10-9-15(13-24)5-7-18(25)22-29-19-4-2-3-11-28-19/h5-10,12-14,19H,2-4,11H2,1H3,(H,22,25)/b7-5+.